The molecule has 0 aromatic heterocycles. The van der Waals surface area contributed by atoms with E-state index in [0.717, 1.165) is 5.56 Å². The molecule has 7 nitrogen and oxygen atoms in total. The summed E-state index contributed by atoms with van der Waals surface area (Å²) in [5.74, 6) is -1.27. The number of ether oxygens (including phenoxy) is 1. The van der Waals surface area contributed by atoms with Gasteiger partial charge in [0, 0.05) is 11.2 Å². The van der Waals surface area contributed by atoms with Crippen LogP contribution in [0.1, 0.15) is 36.7 Å². The van der Waals surface area contributed by atoms with E-state index in [0.29, 0.717) is 5.69 Å². The van der Waals surface area contributed by atoms with Crippen LogP contribution in [0.25, 0.3) is 0 Å². The van der Waals surface area contributed by atoms with Crippen molar-refractivity contribution in [3.05, 3.63) is 59.7 Å². The van der Waals surface area contributed by atoms with Crippen LogP contribution in [0.5, 0.6) is 0 Å². The van der Waals surface area contributed by atoms with E-state index < -0.39 is 34.0 Å². The Labute approximate surface area is 165 Å². The topological polar surface area (TPSA) is 102 Å². The number of esters is 1. The number of carbonyl (C=O) groups is 2. The largest absolute Gasteiger partial charge is 0.452 e. The minimum absolute atomic E-state index is 0.0418. The van der Waals surface area contributed by atoms with E-state index in [2.05, 4.69) is 10.0 Å². The van der Waals surface area contributed by atoms with Crippen molar-refractivity contribution in [2.75, 3.05) is 11.9 Å². The first-order valence-electron chi connectivity index (χ1n) is 8.64. The Kier molecular flexibility index (Phi) is 6.58. The van der Waals surface area contributed by atoms with E-state index in [4.69, 9.17) is 4.74 Å². The Hall–Kier alpha value is -2.71. The number of rotatable bonds is 6. The molecule has 28 heavy (non-hydrogen) atoms. The van der Waals surface area contributed by atoms with Gasteiger partial charge in [0.05, 0.1) is 10.5 Å². The summed E-state index contributed by atoms with van der Waals surface area (Å²) in [6.45, 7) is 6.57. The minimum Gasteiger partial charge on any atom is -0.452 e. The maximum Gasteiger partial charge on any atom is 0.338 e. The molecule has 1 amide bonds. The number of hydrogen-bond acceptors (Lipinski definition) is 5. The fraction of sp³-hybridized carbons (Fsp3) is 0.300. The molecule has 0 atom stereocenters. The molecule has 0 aliphatic heterocycles. The lowest BCUT2D eigenvalue weighted by Gasteiger charge is -2.20. The number of carbonyl (C=O) groups excluding carboxylic acids is 2. The van der Waals surface area contributed by atoms with Crippen LogP contribution < -0.4 is 10.0 Å². The molecule has 0 heterocycles. The van der Waals surface area contributed by atoms with Crippen molar-refractivity contribution in [1.29, 1.82) is 0 Å². The quantitative estimate of drug-likeness (QED) is 0.721. The molecule has 0 aliphatic rings. The van der Waals surface area contributed by atoms with Crippen molar-refractivity contribution in [1.82, 2.24) is 4.72 Å². The number of sulfonamides is 1. The van der Waals surface area contributed by atoms with Crippen LogP contribution in [0.2, 0.25) is 0 Å². The zero-order valence-electron chi connectivity index (χ0n) is 16.3. The van der Waals surface area contributed by atoms with Gasteiger partial charge in [0.1, 0.15) is 0 Å². The van der Waals surface area contributed by atoms with E-state index in [9.17, 15) is 18.0 Å². The second-order valence-corrected chi connectivity index (χ2v) is 9.06. The zero-order valence-corrected chi connectivity index (χ0v) is 17.1. The van der Waals surface area contributed by atoms with E-state index in [1.165, 1.54) is 24.3 Å². The smallest absolute Gasteiger partial charge is 0.338 e. The third kappa shape index (κ3) is 6.47. The zero-order chi connectivity index (χ0) is 20.9. The lowest BCUT2D eigenvalue weighted by atomic mass is 10.1. The number of nitrogens with one attached hydrogen (secondary N) is 2. The molecular formula is C20H24N2O5S. The molecule has 2 aromatic rings. The number of amides is 1. The van der Waals surface area contributed by atoms with E-state index in [1.54, 1.807) is 39.0 Å². The molecular weight excluding hydrogens is 380 g/mol. The minimum atomic E-state index is -3.79. The van der Waals surface area contributed by atoms with Crippen LogP contribution in [0.3, 0.4) is 0 Å². The molecule has 0 saturated heterocycles. The molecule has 2 rings (SSSR count). The maximum atomic E-state index is 12.4. The third-order valence-electron chi connectivity index (χ3n) is 3.46. The Bertz CT molecular complexity index is 978. The molecule has 150 valence electrons. The summed E-state index contributed by atoms with van der Waals surface area (Å²) in [7, 11) is -3.79. The Balaban J connectivity index is 2.02. The predicted molar refractivity (Wildman–Crippen MR) is 107 cm³/mol. The second kappa shape index (κ2) is 8.53. The summed E-state index contributed by atoms with van der Waals surface area (Å²) in [4.78, 5) is 24.1. The van der Waals surface area contributed by atoms with Crippen LogP contribution in [0.4, 0.5) is 5.69 Å². The van der Waals surface area contributed by atoms with Gasteiger partial charge < -0.3 is 10.1 Å². The molecule has 0 fully saturated rings. The van der Waals surface area contributed by atoms with Crippen molar-refractivity contribution in [3.8, 4) is 0 Å². The standard InChI is InChI=1S/C20H24N2O5S/c1-14-7-5-9-16(11-14)21-18(23)13-27-19(24)15-8-6-10-17(12-15)28(25,26)22-20(2,3)4/h5-12,22H,13H2,1-4H3,(H,21,23). The van der Waals surface area contributed by atoms with Crippen molar-refractivity contribution in [2.45, 2.75) is 38.1 Å². The summed E-state index contributed by atoms with van der Waals surface area (Å²) in [5, 5.41) is 2.63. The first-order chi connectivity index (χ1) is 13.0. The van der Waals surface area contributed by atoms with Crippen molar-refractivity contribution < 1.29 is 22.7 Å². The summed E-state index contributed by atoms with van der Waals surface area (Å²) in [6, 6.07) is 12.7. The molecule has 0 saturated carbocycles. The normalized spacial score (nSPS) is 11.7. The average molecular weight is 404 g/mol. The third-order valence-corrected chi connectivity index (χ3v) is 5.21. The Morgan fingerprint density at radius 3 is 2.36 bits per heavy atom. The van der Waals surface area contributed by atoms with Crippen LogP contribution in [-0.2, 0) is 19.6 Å². The van der Waals surface area contributed by atoms with E-state index in [-0.39, 0.29) is 10.5 Å². The van der Waals surface area contributed by atoms with Crippen LogP contribution in [0, 0.1) is 6.92 Å². The number of aryl methyl sites for hydroxylation is 1. The van der Waals surface area contributed by atoms with Gasteiger partial charge in [-0.1, -0.05) is 18.2 Å². The van der Waals surface area contributed by atoms with Crippen molar-refractivity contribution in [2.24, 2.45) is 0 Å². The maximum absolute atomic E-state index is 12.4. The van der Waals surface area contributed by atoms with Crippen molar-refractivity contribution in [3.63, 3.8) is 0 Å². The molecule has 2 N–H and O–H groups in total. The first-order valence-corrected chi connectivity index (χ1v) is 10.1. The average Bonchev–Trinajstić information content (AvgIpc) is 2.58. The monoisotopic (exact) mass is 404 g/mol. The van der Waals surface area contributed by atoms with Gasteiger partial charge in [0.2, 0.25) is 10.0 Å². The molecule has 8 heteroatoms. The molecule has 2 aromatic carbocycles. The van der Waals surface area contributed by atoms with Gasteiger partial charge in [0.25, 0.3) is 5.91 Å². The summed E-state index contributed by atoms with van der Waals surface area (Å²) < 4.78 is 32.3. The molecule has 0 spiro atoms. The summed E-state index contributed by atoms with van der Waals surface area (Å²) >= 11 is 0. The highest BCUT2D eigenvalue weighted by atomic mass is 32.2. The fourth-order valence-corrected chi connectivity index (χ4v) is 3.85. The Morgan fingerprint density at radius 1 is 1.04 bits per heavy atom. The van der Waals surface area contributed by atoms with Crippen molar-refractivity contribution >= 4 is 27.6 Å². The van der Waals surface area contributed by atoms with Gasteiger partial charge in [-0.05, 0) is 63.6 Å². The molecule has 0 aliphatic carbocycles. The van der Waals surface area contributed by atoms with Crippen LogP contribution in [0.15, 0.2) is 53.4 Å². The van der Waals surface area contributed by atoms with Crippen LogP contribution in [-0.4, -0.2) is 32.4 Å². The van der Waals surface area contributed by atoms with Gasteiger partial charge in [-0.2, -0.15) is 0 Å². The summed E-state index contributed by atoms with van der Waals surface area (Å²) in [6.07, 6.45) is 0. The Morgan fingerprint density at radius 2 is 1.71 bits per heavy atom. The van der Waals surface area contributed by atoms with Gasteiger partial charge in [-0.3, -0.25) is 4.79 Å². The predicted octanol–water partition coefficient (Wildman–Crippen LogP) is 2.87. The number of benzene rings is 2. The highest BCUT2D eigenvalue weighted by Crippen LogP contribution is 2.15. The summed E-state index contributed by atoms with van der Waals surface area (Å²) in [5.41, 5.74) is 0.961. The van der Waals surface area contributed by atoms with Gasteiger partial charge in [0.15, 0.2) is 6.61 Å². The van der Waals surface area contributed by atoms with Gasteiger partial charge in [-0.25, -0.2) is 17.9 Å². The molecule has 0 unspecified atom stereocenters. The van der Waals surface area contributed by atoms with E-state index in [1.807, 2.05) is 13.0 Å². The highest BCUT2D eigenvalue weighted by Gasteiger charge is 2.23. The molecule has 0 bridgehead atoms. The first kappa shape index (κ1) is 21.6. The fourth-order valence-electron chi connectivity index (χ4n) is 2.39. The van der Waals surface area contributed by atoms with E-state index >= 15 is 0 Å². The second-order valence-electron chi connectivity index (χ2n) is 7.38. The molecule has 0 radical (unpaired) electrons. The number of hydrogen-bond donors (Lipinski definition) is 2. The lowest BCUT2D eigenvalue weighted by Crippen LogP contribution is -2.40. The van der Waals surface area contributed by atoms with Gasteiger partial charge in [-0.15, -0.1) is 0 Å². The SMILES string of the molecule is Cc1cccc(NC(=O)COC(=O)c2cccc(S(=O)(=O)NC(C)(C)C)c2)c1. The van der Waals surface area contributed by atoms with Crippen LogP contribution >= 0.6 is 0 Å². The lowest BCUT2D eigenvalue weighted by molar-refractivity contribution is -0.119. The van der Waals surface area contributed by atoms with Gasteiger partial charge >= 0.3 is 5.97 Å². The highest BCUT2D eigenvalue weighted by molar-refractivity contribution is 7.89. The number of anilines is 1.